The molecule has 0 unspecified atom stereocenters. The zero-order chi connectivity index (χ0) is 12.1. The molecule has 1 aromatic carbocycles. The summed E-state index contributed by atoms with van der Waals surface area (Å²) in [6.45, 7) is 0. The number of imidazole rings is 1. The normalized spacial score (nSPS) is 14.2. The zero-order valence-corrected chi connectivity index (χ0v) is 10.6. The summed E-state index contributed by atoms with van der Waals surface area (Å²) in [6.07, 6.45) is 5.62. The standard InChI is InChI=1S/C13H12N4S/c14-12-16-17-7-11(15-13(17)18-12)10-5-4-8-2-1-3-9(8)6-10/h4-7H,1-3H2,(H2,14,16). The number of fused-ring (bicyclic) bond motifs is 2. The first-order valence-corrected chi connectivity index (χ1v) is 6.85. The van der Waals surface area contributed by atoms with Crippen molar-refractivity contribution in [2.24, 2.45) is 0 Å². The summed E-state index contributed by atoms with van der Waals surface area (Å²) in [5.41, 5.74) is 10.7. The number of hydrogen-bond acceptors (Lipinski definition) is 4. The molecule has 1 aliphatic rings. The minimum atomic E-state index is 0.554. The van der Waals surface area contributed by atoms with E-state index in [9.17, 15) is 0 Å². The third kappa shape index (κ3) is 1.44. The largest absolute Gasteiger partial charge is 0.374 e. The highest BCUT2D eigenvalue weighted by atomic mass is 32.1. The van der Waals surface area contributed by atoms with Gasteiger partial charge in [-0.05, 0) is 36.5 Å². The fraction of sp³-hybridized carbons (Fsp3) is 0.231. The summed E-state index contributed by atoms with van der Waals surface area (Å²) < 4.78 is 1.75. The van der Waals surface area contributed by atoms with Crippen LogP contribution >= 0.6 is 11.3 Å². The van der Waals surface area contributed by atoms with Crippen LogP contribution in [0.25, 0.3) is 16.2 Å². The maximum Gasteiger partial charge on any atom is 0.214 e. The molecule has 0 saturated carbocycles. The number of rotatable bonds is 1. The Bertz CT molecular complexity index is 709. The molecule has 0 aliphatic heterocycles. The number of hydrogen-bond donors (Lipinski definition) is 1. The lowest BCUT2D eigenvalue weighted by atomic mass is 10.1. The molecule has 2 N–H and O–H groups in total. The van der Waals surface area contributed by atoms with Crippen molar-refractivity contribution in [1.82, 2.24) is 14.6 Å². The van der Waals surface area contributed by atoms with E-state index in [0.29, 0.717) is 5.13 Å². The van der Waals surface area contributed by atoms with Crippen LogP contribution in [0, 0.1) is 0 Å². The van der Waals surface area contributed by atoms with E-state index in [1.54, 1.807) is 4.52 Å². The van der Waals surface area contributed by atoms with Crippen molar-refractivity contribution in [3.05, 3.63) is 35.5 Å². The van der Waals surface area contributed by atoms with E-state index in [4.69, 9.17) is 5.73 Å². The summed E-state index contributed by atoms with van der Waals surface area (Å²) in [4.78, 5) is 5.42. The second-order valence-corrected chi connectivity index (χ2v) is 5.62. The average Bonchev–Trinajstić information content (AvgIpc) is 3.00. The quantitative estimate of drug-likeness (QED) is 0.728. The molecule has 0 radical (unpaired) electrons. The molecule has 5 heteroatoms. The smallest absolute Gasteiger partial charge is 0.214 e. The van der Waals surface area contributed by atoms with Gasteiger partial charge in [0, 0.05) is 5.56 Å². The van der Waals surface area contributed by atoms with Crippen molar-refractivity contribution >= 4 is 21.4 Å². The maximum absolute atomic E-state index is 5.64. The van der Waals surface area contributed by atoms with Gasteiger partial charge in [-0.2, -0.15) is 0 Å². The van der Waals surface area contributed by atoms with Crippen molar-refractivity contribution in [3.8, 4) is 11.3 Å². The van der Waals surface area contributed by atoms with Gasteiger partial charge in [-0.1, -0.05) is 23.5 Å². The summed E-state index contributed by atoms with van der Waals surface area (Å²) >= 11 is 1.41. The van der Waals surface area contributed by atoms with Crippen molar-refractivity contribution < 1.29 is 0 Å². The molecule has 18 heavy (non-hydrogen) atoms. The Balaban J connectivity index is 1.83. The van der Waals surface area contributed by atoms with Crippen LogP contribution in [0.3, 0.4) is 0 Å². The van der Waals surface area contributed by atoms with Gasteiger partial charge in [0.05, 0.1) is 11.9 Å². The molecule has 0 saturated heterocycles. The molecular formula is C13H12N4S. The molecule has 3 aromatic rings. The van der Waals surface area contributed by atoms with E-state index in [-0.39, 0.29) is 0 Å². The number of nitrogen functional groups attached to an aromatic ring is 1. The fourth-order valence-electron chi connectivity index (χ4n) is 2.59. The lowest BCUT2D eigenvalue weighted by Gasteiger charge is -2.01. The van der Waals surface area contributed by atoms with Crippen LogP contribution in [0.15, 0.2) is 24.4 Å². The topological polar surface area (TPSA) is 56.2 Å². The van der Waals surface area contributed by atoms with Gasteiger partial charge in [0.25, 0.3) is 0 Å². The molecule has 4 rings (SSSR count). The van der Waals surface area contributed by atoms with Crippen molar-refractivity contribution in [2.45, 2.75) is 19.3 Å². The van der Waals surface area contributed by atoms with E-state index in [1.165, 1.54) is 47.3 Å². The van der Waals surface area contributed by atoms with E-state index in [0.717, 1.165) is 10.7 Å². The minimum absolute atomic E-state index is 0.554. The number of nitrogens with zero attached hydrogens (tertiary/aromatic N) is 3. The highest BCUT2D eigenvalue weighted by Crippen LogP contribution is 2.28. The third-order valence-electron chi connectivity index (χ3n) is 3.45. The van der Waals surface area contributed by atoms with Gasteiger partial charge >= 0.3 is 0 Å². The predicted molar refractivity (Wildman–Crippen MR) is 72.7 cm³/mol. The molecule has 0 fully saturated rings. The van der Waals surface area contributed by atoms with Gasteiger partial charge in [0.1, 0.15) is 0 Å². The summed E-state index contributed by atoms with van der Waals surface area (Å²) in [5.74, 6) is 0. The molecule has 90 valence electrons. The lowest BCUT2D eigenvalue weighted by molar-refractivity contribution is 0.912. The molecule has 0 spiro atoms. The Morgan fingerprint density at radius 1 is 1.22 bits per heavy atom. The zero-order valence-electron chi connectivity index (χ0n) is 9.76. The first-order valence-electron chi connectivity index (χ1n) is 6.03. The minimum Gasteiger partial charge on any atom is -0.374 e. The van der Waals surface area contributed by atoms with Crippen LogP contribution in [0.1, 0.15) is 17.5 Å². The van der Waals surface area contributed by atoms with E-state index in [1.807, 2.05) is 6.20 Å². The molecule has 0 bridgehead atoms. The lowest BCUT2D eigenvalue weighted by Crippen LogP contribution is -1.86. The van der Waals surface area contributed by atoms with Crippen LogP contribution in [0.4, 0.5) is 5.13 Å². The molecule has 0 amide bonds. The van der Waals surface area contributed by atoms with Gasteiger partial charge in [-0.15, -0.1) is 5.10 Å². The molecule has 2 heterocycles. The average molecular weight is 256 g/mol. The number of nitrogens with two attached hydrogens (primary N) is 1. The summed E-state index contributed by atoms with van der Waals surface area (Å²) in [5, 5.41) is 4.74. The molecule has 2 aromatic heterocycles. The molecule has 4 nitrogen and oxygen atoms in total. The van der Waals surface area contributed by atoms with Gasteiger partial charge in [-0.3, -0.25) is 0 Å². The number of aryl methyl sites for hydroxylation is 2. The predicted octanol–water partition coefficient (Wildman–Crippen LogP) is 2.53. The van der Waals surface area contributed by atoms with Gasteiger partial charge < -0.3 is 5.73 Å². The van der Waals surface area contributed by atoms with Crippen LogP contribution in [0.5, 0.6) is 0 Å². The SMILES string of the molecule is Nc1nn2cc(-c3ccc4c(c3)CCC4)nc2s1. The fourth-order valence-corrected chi connectivity index (χ4v) is 3.23. The Hall–Kier alpha value is -1.88. The first-order chi connectivity index (χ1) is 8.79. The maximum atomic E-state index is 5.64. The Morgan fingerprint density at radius 3 is 3.00 bits per heavy atom. The number of anilines is 1. The van der Waals surface area contributed by atoms with Crippen LogP contribution in [0.2, 0.25) is 0 Å². The van der Waals surface area contributed by atoms with Crippen molar-refractivity contribution in [1.29, 1.82) is 0 Å². The number of benzene rings is 1. The van der Waals surface area contributed by atoms with E-state index >= 15 is 0 Å². The number of aromatic nitrogens is 3. The Morgan fingerprint density at radius 2 is 2.11 bits per heavy atom. The van der Waals surface area contributed by atoms with Gasteiger partial charge in [0.15, 0.2) is 0 Å². The first kappa shape index (κ1) is 10.1. The molecule has 0 atom stereocenters. The molecular weight excluding hydrogens is 244 g/mol. The summed E-state index contributed by atoms with van der Waals surface area (Å²) in [6, 6.07) is 6.64. The Kier molecular flexibility index (Phi) is 1.99. The van der Waals surface area contributed by atoms with E-state index < -0.39 is 0 Å². The van der Waals surface area contributed by atoms with E-state index in [2.05, 4.69) is 28.3 Å². The van der Waals surface area contributed by atoms with Crippen LogP contribution in [-0.4, -0.2) is 14.6 Å². The van der Waals surface area contributed by atoms with Gasteiger partial charge in [-0.25, -0.2) is 9.50 Å². The monoisotopic (exact) mass is 256 g/mol. The highest BCUT2D eigenvalue weighted by molar-refractivity contribution is 7.20. The second kappa shape index (κ2) is 3.55. The molecule has 1 aliphatic carbocycles. The van der Waals surface area contributed by atoms with Crippen LogP contribution < -0.4 is 5.73 Å². The van der Waals surface area contributed by atoms with Gasteiger partial charge in [0.2, 0.25) is 10.1 Å². The second-order valence-electron chi connectivity index (χ2n) is 4.63. The summed E-state index contributed by atoms with van der Waals surface area (Å²) in [7, 11) is 0. The third-order valence-corrected chi connectivity index (χ3v) is 4.20. The van der Waals surface area contributed by atoms with Crippen LogP contribution in [-0.2, 0) is 12.8 Å². The highest BCUT2D eigenvalue weighted by Gasteiger charge is 2.13. The Labute approximate surface area is 108 Å². The van der Waals surface area contributed by atoms with Crippen molar-refractivity contribution in [3.63, 3.8) is 0 Å². The van der Waals surface area contributed by atoms with Crippen molar-refractivity contribution in [2.75, 3.05) is 5.73 Å².